The van der Waals surface area contributed by atoms with Crippen LogP contribution < -0.4 is 4.74 Å². The van der Waals surface area contributed by atoms with Crippen LogP contribution in [0, 0.1) is 28.6 Å². The summed E-state index contributed by atoms with van der Waals surface area (Å²) in [5.74, 6) is 0.0620. The maximum Gasteiger partial charge on any atom is 0.311 e. The molecule has 0 heterocycles. The van der Waals surface area contributed by atoms with Crippen LogP contribution in [0.4, 0.5) is 0 Å². The predicted molar refractivity (Wildman–Crippen MR) is 118 cm³/mol. The lowest BCUT2D eigenvalue weighted by Gasteiger charge is -2.14. The van der Waals surface area contributed by atoms with E-state index in [0.717, 1.165) is 0 Å². The van der Waals surface area contributed by atoms with E-state index in [4.69, 9.17) is 55.9 Å². The lowest BCUT2D eigenvalue weighted by Crippen LogP contribution is -2.15. The summed E-state index contributed by atoms with van der Waals surface area (Å²) >= 11 is 23.6. The van der Waals surface area contributed by atoms with Crippen molar-refractivity contribution in [2.45, 2.75) is 30.2 Å². The zero-order valence-electron chi connectivity index (χ0n) is 16.2. The molecule has 4 nitrogen and oxygen atoms in total. The zero-order chi connectivity index (χ0) is 22.1. The van der Waals surface area contributed by atoms with Crippen molar-refractivity contribution < 1.29 is 14.3 Å². The molecule has 3 unspecified atom stereocenters. The van der Waals surface area contributed by atoms with Crippen molar-refractivity contribution in [2.75, 3.05) is 0 Å². The highest BCUT2D eigenvalue weighted by atomic mass is 35.6. The van der Waals surface area contributed by atoms with Crippen molar-refractivity contribution in [1.82, 2.24) is 0 Å². The maximum atomic E-state index is 12.7. The number of carbonyl (C=O) groups is 1. The monoisotopic (exact) mass is 485 g/mol. The molecule has 1 fully saturated rings. The summed E-state index contributed by atoms with van der Waals surface area (Å²) in [4.78, 5) is 12.7. The van der Waals surface area contributed by atoms with Gasteiger partial charge in [0, 0.05) is 10.6 Å². The number of halogens is 4. The minimum Gasteiger partial charge on any atom is -0.457 e. The van der Waals surface area contributed by atoms with Gasteiger partial charge in [0.2, 0.25) is 6.10 Å². The molecular formula is C22H19Cl4NO3. The van der Waals surface area contributed by atoms with Crippen LogP contribution in [0.1, 0.15) is 31.9 Å². The van der Waals surface area contributed by atoms with E-state index in [2.05, 4.69) is 0 Å². The van der Waals surface area contributed by atoms with Crippen LogP contribution in [0.2, 0.25) is 5.02 Å². The fraction of sp³-hybridized carbons (Fsp3) is 0.364. The molecule has 0 aromatic heterocycles. The number of nitriles is 1. The molecule has 0 amide bonds. The Morgan fingerprint density at radius 1 is 1.17 bits per heavy atom. The molecule has 2 aromatic carbocycles. The summed E-state index contributed by atoms with van der Waals surface area (Å²) in [7, 11) is 0. The Hall–Kier alpha value is -1.64. The van der Waals surface area contributed by atoms with Crippen molar-refractivity contribution in [1.29, 1.82) is 5.26 Å². The molecule has 3 rings (SSSR count). The van der Waals surface area contributed by atoms with Crippen molar-refractivity contribution >= 4 is 52.4 Å². The van der Waals surface area contributed by atoms with E-state index in [1.165, 1.54) is 0 Å². The number of carbonyl (C=O) groups excluding carboxylic acids is 1. The average molecular weight is 487 g/mol. The Kier molecular flexibility index (Phi) is 6.79. The Morgan fingerprint density at radius 2 is 1.83 bits per heavy atom. The van der Waals surface area contributed by atoms with Gasteiger partial charge in [-0.15, -0.1) is 0 Å². The summed E-state index contributed by atoms with van der Waals surface area (Å²) in [6, 6.07) is 15.8. The molecule has 1 saturated carbocycles. The maximum absolute atomic E-state index is 12.7. The van der Waals surface area contributed by atoms with E-state index in [9.17, 15) is 10.1 Å². The fourth-order valence-corrected chi connectivity index (χ4v) is 4.21. The predicted octanol–water partition coefficient (Wildman–Crippen LogP) is 7.27. The molecule has 8 heteroatoms. The Labute approximate surface area is 195 Å². The minimum absolute atomic E-state index is 0.128. The topological polar surface area (TPSA) is 59.3 Å². The summed E-state index contributed by atoms with van der Waals surface area (Å²) in [5, 5.41) is 10.2. The third-order valence-electron chi connectivity index (χ3n) is 5.32. The molecular weight excluding hydrogens is 468 g/mol. The minimum atomic E-state index is -1.45. The highest BCUT2D eigenvalue weighted by Crippen LogP contribution is 2.63. The average Bonchev–Trinajstić information content (AvgIpc) is 3.19. The van der Waals surface area contributed by atoms with Crippen LogP contribution in [0.25, 0.3) is 0 Å². The van der Waals surface area contributed by atoms with E-state index >= 15 is 0 Å². The molecule has 0 bridgehead atoms. The SMILES string of the molecule is CC1(C)C(CC(Cl)(Cl)Cl)C1C(=O)OC(C#N)c1cccc(Oc2ccc(Cl)cc2)c1. The molecule has 158 valence electrons. The second-order valence-electron chi connectivity index (χ2n) is 7.80. The Bertz CT molecular complexity index is 964. The number of alkyl halides is 3. The third-order valence-corrected chi connectivity index (χ3v) is 6.03. The Morgan fingerprint density at radius 3 is 2.43 bits per heavy atom. The van der Waals surface area contributed by atoms with Crippen LogP contribution in [0.5, 0.6) is 11.5 Å². The van der Waals surface area contributed by atoms with Crippen molar-refractivity contribution in [3.8, 4) is 17.6 Å². The second-order valence-corrected chi connectivity index (χ2v) is 10.8. The van der Waals surface area contributed by atoms with Gasteiger partial charge in [-0.25, -0.2) is 0 Å². The normalized spacial score (nSPS) is 20.7. The van der Waals surface area contributed by atoms with Gasteiger partial charge < -0.3 is 9.47 Å². The molecule has 2 aromatic rings. The summed E-state index contributed by atoms with van der Waals surface area (Å²) in [6.45, 7) is 3.84. The van der Waals surface area contributed by atoms with Gasteiger partial charge in [0.15, 0.2) is 3.79 Å². The van der Waals surface area contributed by atoms with Gasteiger partial charge in [0.25, 0.3) is 0 Å². The van der Waals surface area contributed by atoms with Crippen LogP contribution in [0.15, 0.2) is 48.5 Å². The first-order chi connectivity index (χ1) is 14.0. The molecule has 1 aliphatic rings. The lowest BCUT2D eigenvalue weighted by molar-refractivity contribution is -0.149. The number of nitrogens with zero attached hydrogens (tertiary/aromatic N) is 1. The lowest BCUT2D eigenvalue weighted by atomic mass is 10.1. The van der Waals surface area contributed by atoms with Crippen LogP contribution >= 0.6 is 46.4 Å². The van der Waals surface area contributed by atoms with Crippen molar-refractivity contribution in [2.24, 2.45) is 17.3 Å². The molecule has 0 spiro atoms. The first kappa shape index (κ1) is 23.0. The molecule has 0 saturated heterocycles. The van der Waals surface area contributed by atoms with Crippen molar-refractivity contribution in [3.63, 3.8) is 0 Å². The van der Waals surface area contributed by atoms with Gasteiger partial charge in [-0.05, 0) is 54.2 Å². The van der Waals surface area contributed by atoms with Gasteiger partial charge >= 0.3 is 5.97 Å². The first-order valence-corrected chi connectivity index (χ1v) is 10.7. The summed E-state index contributed by atoms with van der Waals surface area (Å²) < 4.78 is 9.85. The smallest absolute Gasteiger partial charge is 0.311 e. The Balaban J connectivity index is 1.70. The number of rotatable bonds is 6. The van der Waals surface area contributed by atoms with Crippen LogP contribution in [-0.4, -0.2) is 9.76 Å². The van der Waals surface area contributed by atoms with E-state index in [0.29, 0.717) is 22.1 Å². The number of benzene rings is 2. The van der Waals surface area contributed by atoms with E-state index in [-0.39, 0.29) is 17.8 Å². The molecule has 0 aliphatic heterocycles. The van der Waals surface area contributed by atoms with E-state index < -0.39 is 21.8 Å². The molecule has 30 heavy (non-hydrogen) atoms. The largest absolute Gasteiger partial charge is 0.457 e. The van der Waals surface area contributed by atoms with Gasteiger partial charge in [-0.3, -0.25) is 4.79 Å². The zero-order valence-corrected chi connectivity index (χ0v) is 19.3. The molecule has 1 aliphatic carbocycles. The first-order valence-electron chi connectivity index (χ1n) is 9.21. The fourth-order valence-electron chi connectivity index (χ4n) is 3.58. The van der Waals surface area contributed by atoms with Gasteiger partial charge in [-0.2, -0.15) is 5.26 Å². The quantitative estimate of drug-likeness (QED) is 0.318. The highest BCUT2D eigenvalue weighted by molar-refractivity contribution is 6.67. The molecule has 0 radical (unpaired) electrons. The van der Waals surface area contributed by atoms with E-state index in [1.54, 1.807) is 48.5 Å². The summed E-state index contributed by atoms with van der Waals surface area (Å²) in [6.07, 6.45) is -0.831. The number of hydrogen-bond donors (Lipinski definition) is 0. The number of esters is 1. The van der Waals surface area contributed by atoms with Crippen LogP contribution in [-0.2, 0) is 9.53 Å². The third kappa shape index (κ3) is 5.53. The summed E-state index contributed by atoms with van der Waals surface area (Å²) in [5.41, 5.74) is 0.147. The van der Waals surface area contributed by atoms with Gasteiger partial charge in [0.1, 0.15) is 17.6 Å². The van der Waals surface area contributed by atoms with Crippen LogP contribution in [0.3, 0.4) is 0 Å². The molecule has 0 N–H and O–H groups in total. The molecule has 3 atom stereocenters. The van der Waals surface area contributed by atoms with Gasteiger partial charge in [0.05, 0.1) is 5.92 Å². The van der Waals surface area contributed by atoms with Crippen molar-refractivity contribution in [3.05, 3.63) is 59.1 Å². The number of hydrogen-bond acceptors (Lipinski definition) is 4. The van der Waals surface area contributed by atoms with E-state index in [1.807, 2.05) is 19.9 Å². The standard InChI is InChI=1S/C22H19Cl4NO3/c1-21(2)17(11-22(24,25)26)19(21)20(28)30-18(12-27)13-4-3-5-16(10-13)29-15-8-6-14(23)7-9-15/h3-10,17-19H,11H2,1-2H3. The second kappa shape index (κ2) is 8.85. The number of ether oxygens (including phenoxy) is 2. The highest BCUT2D eigenvalue weighted by Gasteiger charge is 2.64. The van der Waals surface area contributed by atoms with Gasteiger partial charge in [-0.1, -0.05) is 72.4 Å².